The Labute approximate surface area is 126 Å². The van der Waals surface area contributed by atoms with Gasteiger partial charge in [0.05, 0.1) is 17.6 Å². The van der Waals surface area contributed by atoms with Crippen molar-refractivity contribution in [2.24, 2.45) is 7.05 Å². The van der Waals surface area contributed by atoms with E-state index in [-0.39, 0.29) is 6.54 Å². The van der Waals surface area contributed by atoms with E-state index in [1.807, 2.05) is 35.9 Å². The van der Waals surface area contributed by atoms with E-state index < -0.39 is 11.8 Å². The smallest absolute Gasteiger partial charge is 0.319 e. The van der Waals surface area contributed by atoms with Crippen LogP contribution in [-0.2, 0) is 13.6 Å². The van der Waals surface area contributed by atoms with Gasteiger partial charge in [0.25, 0.3) is 0 Å². The van der Waals surface area contributed by atoms with Crippen molar-refractivity contribution in [1.29, 1.82) is 0 Å². The largest absolute Gasteiger partial charge is 0.331 e. The summed E-state index contributed by atoms with van der Waals surface area (Å²) < 4.78 is 15.0. The quantitative estimate of drug-likeness (QED) is 0.781. The summed E-state index contributed by atoms with van der Waals surface area (Å²) in [4.78, 5) is 16.3. The molecule has 0 fully saturated rings. The molecule has 0 bridgehead atoms. The second kappa shape index (κ2) is 5.85. The Morgan fingerprint density at radius 2 is 2.05 bits per heavy atom. The van der Waals surface area contributed by atoms with Gasteiger partial charge in [-0.15, -0.1) is 0 Å². The number of halogens is 1. The summed E-state index contributed by atoms with van der Waals surface area (Å²) >= 11 is 0. The topological polar surface area (TPSA) is 59.0 Å². The molecule has 5 nitrogen and oxygen atoms in total. The molecular formula is C16H15FN4O. The lowest BCUT2D eigenvalue weighted by Crippen LogP contribution is -2.29. The van der Waals surface area contributed by atoms with Crippen LogP contribution in [0.5, 0.6) is 0 Å². The summed E-state index contributed by atoms with van der Waals surface area (Å²) in [6.07, 6.45) is 0. The predicted octanol–water partition coefficient (Wildman–Crippen LogP) is 3.03. The third-order valence-electron chi connectivity index (χ3n) is 3.37. The van der Waals surface area contributed by atoms with Gasteiger partial charge in [-0.05, 0) is 30.3 Å². The molecule has 0 radical (unpaired) electrons. The molecular weight excluding hydrogens is 283 g/mol. The number of hydrogen-bond acceptors (Lipinski definition) is 2. The number of nitrogens with one attached hydrogen (secondary N) is 2. The molecule has 3 rings (SSSR count). The molecule has 0 spiro atoms. The molecule has 2 aromatic carbocycles. The second-order valence-electron chi connectivity index (χ2n) is 4.89. The molecule has 3 aromatic rings. The van der Waals surface area contributed by atoms with Crippen molar-refractivity contribution < 1.29 is 9.18 Å². The normalized spacial score (nSPS) is 10.6. The highest BCUT2D eigenvalue weighted by atomic mass is 19.1. The summed E-state index contributed by atoms with van der Waals surface area (Å²) in [5.74, 6) is 0.351. The van der Waals surface area contributed by atoms with Crippen molar-refractivity contribution in [2.45, 2.75) is 6.54 Å². The summed E-state index contributed by atoms with van der Waals surface area (Å²) in [7, 11) is 1.90. The first-order chi connectivity index (χ1) is 10.6. The van der Waals surface area contributed by atoms with Crippen molar-refractivity contribution >= 4 is 22.8 Å². The number of aromatic nitrogens is 2. The molecule has 0 aliphatic carbocycles. The van der Waals surface area contributed by atoms with Crippen LogP contribution >= 0.6 is 0 Å². The Bertz CT molecular complexity index is 828. The van der Waals surface area contributed by atoms with Crippen LogP contribution in [0.1, 0.15) is 5.82 Å². The van der Waals surface area contributed by atoms with E-state index in [2.05, 4.69) is 15.6 Å². The van der Waals surface area contributed by atoms with E-state index in [1.165, 1.54) is 18.2 Å². The molecule has 0 saturated carbocycles. The van der Waals surface area contributed by atoms with Crippen LogP contribution in [0.15, 0.2) is 48.5 Å². The average Bonchev–Trinajstić information content (AvgIpc) is 2.82. The second-order valence-corrected chi connectivity index (χ2v) is 4.89. The van der Waals surface area contributed by atoms with Gasteiger partial charge in [0, 0.05) is 12.7 Å². The number of carbonyl (C=O) groups excluding carboxylic acids is 1. The fourth-order valence-electron chi connectivity index (χ4n) is 2.25. The Kier molecular flexibility index (Phi) is 3.74. The summed E-state index contributed by atoms with van der Waals surface area (Å²) in [5, 5.41) is 5.29. The van der Waals surface area contributed by atoms with Gasteiger partial charge in [-0.25, -0.2) is 14.2 Å². The van der Waals surface area contributed by atoms with Gasteiger partial charge in [-0.3, -0.25) is 0 Å². The fourth-order valence-corrected chi connectivity index (χ4v) is 2.25. The minimum absolute atomic E-state index is 0.284. The maximum Gasteiger partial charge on any atom is 0.319 e. The highest BCUT2D eigenvalue weighted by Gasteiger charge is 2.08. The number of amides is 2. The van der Waals surface area contributed by atoms with Gasteiger partial charge in [-0.1, -0.05) is 18.2 Å². The molecule has 2 amide bonds. The van der Waals surface area contributed by atoms with E-state index in [0.717, 1.165) is 16.9 Å². The molecule has 0 unspecified atom stereocenters. The number of anilines is 1. The van der Waals surface area contributed by atoms with Gasteiger partial charge >= 0.3 is 6.03 Å². The van der Waals surface area contributed by atoms with Crippen molar-refractivity contribution in [1.82, 2.24) is 14.9 Å². The van der Waals surface area contributed by atoms with Crippen molar-refractivity contribution in [2.75, 3.05) is 5.32 Å². The number of carbonyl (C=O) groups is 1. The highest BCUT2D eigenvalue weighted by Crippen LogP contribution is 2.14. The first kappa shape index (κ1) is 14.1. The zero-order valence-electron chi connectivity index (χ0n) is 12.0. The van der Waals surface area contributed by atoms with Gasteiger partial charge in [0.1, 0.15) is 11.6 Å². The number of nitrogens with zero attached hydrogens (tertiary/aromatic N) is 2. The molecule has 6 heteroatoms. The first-order valence-corrected chi connectivity index (χ1v) is 6.84. The predicted molar refractivity (Wildman–Crippen MR) is 83.0 cm³/mol. The average molecular weight is 298 g/mol. The zero-order valence-corrected chi connectivity index (χ0v) is 12.0. The van der Waals surface area contributed by atoms with E-state index in [0.29, 0.717) is 5.69 Å². The molecule has 112 valence electrons. The number of fused-ring (bicyclic) bond motifs is 1. The van der Waals surface area contributed by atoms with Crippen LogP contribution in [-0.4, -0.2) is 15.6 Å². The number of imidazole rings is 1. The number of para-hydroxylation sites is 2. The summed E-state index contributed by atoms with van der Waals surface area (Å²) in [6, 6.07) is 13.1. The number of rotatable bonds is 3. The number of urea groups is 1. The van der Waals surface area contributed by atoms with Crippen LogP contribution in [0.4, 0.5) is 14.9 Å². The van der Waals surface area contributed by atoms with E-state index in [1.54, 1.807) is 6.07 Å². The maximum atomic E-state index is 13.1. The van der Waals surface area contributed by atoms with Gasteiger partial charge in [0.15, 0.2) is 0 Å². The molecule has 0 atom stereocenters. The monoisotopic (exact) mass is 298 g/mol. The summed E-state index contributed by atoms with van der Waals surface area (Å²) in [6.45, 7) is 0.284. The van der Waals surface area contributed by atoms with Gasteiger partial charge in [0.2, 0.25) is 0 Å². The maximum absolute atomic E-state index is 13.1. The van der Waals surface area contributed by atoms with Crippen LogP contribution in [0, 0.1) is 5.82 Å². The van der Waals surface area contributed by atoms with Crippen LogP contribution in [0.2, 0.25) is 0 Å². The lowest BCUT2D eigenvalue weighted by Gasteiger charge is -2.07. The number of aryl methyl sites for hydroxylation is 1. The van der Waals surface area contributed by atoms with Gasteiger partial charge in [-0.2, -0.15) is 0 Å². The van der Waals surface area contributed by atoms with E-state index >= 15 is 0 Å². The van der Waals surface area contributed by atoms with E-state index in [9.17, 15) is 9.18 Å². The zero-order chi connectivity index (χ0) is 15.5. The minimum atomic E-state index is -0.405. The molecule has 2 N–H and O–H groups in total. The molecule has 0 saturated heterocycles. The van der Waals surface area contributed by atoms with E-state index in [4.69, 9.17) is 0 Å². The third kappa shape index (κ3) is 2.90. The molecule has 0 aliphatic heterocycles. The Hall–Kier alpha value is -2.89. The van der Waals surface area contributed by atoms with Crippen molar-refractivity contribution in [3.05, 3.63) is 60.2 Å². The van der Waals surface area contributed by atoms with Gasteiger partial charge < -0.3 is 15.2 Å². The number of benzene rings is 2. The molecule has 1 aromatic heterocycles. The fraction of sp³-hybridized carbons (Fsp3) is 0.125. The molecule has 0 aliphatic rings. The molecule has 1 heterocycles. The van der Waals surface area contributed by atoms with Crippen molar-refractivity contribution in [3.8, 4) is 0 Å². The Morgan fingerprint density at radius 1 is 1.23 bits per heavy atom. The lowest BCUT2D eigenvalue weighted by molar-refractivity contribution is 0.251. The number of hydrogen-bond donors (Lipinski definition) is 2. The SMILES string of the molecule is Cn1c(CNC(=O)Nc2cccc(F)c2)nc2ccccc21. The Morgan fingerprint density at radius 3 is 2.82 bits per heavy atom. The Balaban J connectivity index is 1.66. The third-order valence-corrected chi connectivity index (χ3v) is 3.37. The van der Waals surface area contributed by atoms with Crippen LogP contribution < -0.4 is 10.6 Å². The minimum Gasteiger partial charge on any atom is -0.331 e. The molecule has 22 heavy (non-hydrogen) atoms. The van der Waals surface area contributed by atoms with Crippen molar-refractivity contribution in [3.63, 3.8) is 0 Å². The van der Waals surface area contributed by atoms with Crippen LogP contribution in [0.25, 0.3) is 11.0 Å². The lowest BCUT2D eigenvalue weighted by atomic mass is 10.3. The standard InChI is InChI=1S/C16H15FN4O/c1-21-14-8-3-2-7-13(14)20-15(21)10-18-16(22)19-12-6-4-5-11(17)9-12/h2-9H,10H2,1H3,(H2,18,19,22). The summed E-state index contributed by atoms with van der Waals surface area (Å²) in [5.41, 5.74) is 2.29. The first-order valence-electron chi connectivity index (χ1n) is 6.84. The highest BCUT2D eigenvalue weighted by molar-refractivity contribution is 5.89. The van der Waals surface area contributed by atoms with Crippen LogP contribution in [0.3, 0.4) is 0 Å².